The smallest absolute Gasteiger partial charge is 0.225 e. The molecular weight excluding hydrogens is 813 g/mol. The van der Waals surface area contributed by atoms with Gasteiger partial charge >= 0.3 is 0 Å². The van der Waals surface area contributed by atoms with Crippen molar-refractivity contribution in [3.63, 3.8) is 0 Å². The zero-order chi connectivity index (χ0) is 46.0. The van der Waals surface area contributed by atoms with Crippen molar-refractivity contribution in [1.82, 2.24) is 29.9 Å². The fourth-order valence-corrected chi connectivity index (χ4v) is 7.84. The second kappa shape index (κ2) is 20.9. The van der Waals surface area contributed by atoms with Crippen LogP contribution >= 0.6 is 0 Å². The van der Waals surface area contributed by atoms with E-state index in [1.165, 1.54) is 0 Å². The van der Waals surface area contributed by atoms with Gasteiger partial charge in [-0.1, -0.05) is 26.7 Å². The number of hydrogen-bond donors (Lipinski definition) is 6. The number of aromatic nitrogens is 6. The average molecular weight is 877 g/mol. The van der Waals surface area contributed by atoms with Gasteiger partial charge in [-0.2, -0.15) is 9.97 Å². The topological polar surface area (TPSA) is 203 Å². The van der Waals surface area contributed by atoms with Crippen LogP contribution in [-0.2, 0) is 13.1 Å². The highest BCUT2D eigenvalue weighted by Crippen LogP contribution is 2.41. The number of aliphatic hydroxyl groups is 2. The second-order valence-corrected chi connectivity index (χ2v) is 16.7. The van der Waals surface area contributed by atoms with Crippen molar-refractivity contribution in [2.24, 2.45) is 0 Å². The number of pyridine rings is 2. The fraction of sp³-hybridized carbons (Fsp3) is 0.458. The van der Waals surface area contributed by atoms with Crippen molar-refractivity contribution < 1.29 is 29.2 Å². The molecule has 0 bridgehead atoms. The molecule has 16 nitrogen and oxygen atoms in total. The molecule has 4 aromatic heterocycles. The molecule has 64 heavy (non-hydrogen) atoms. The molecule has 0 spiro atoms. The van der Waals surface area contributed by atoms with Crippen LogP contribution in [0.5, 0.6) is 23.0 Å². The number of fused-ring (bicyclic) bond motifs is 2. The lowest BCUT2D eigenvalue weighted by atomic mass is 9.79. The highest BCUT2D eigenvalue weighted by Gasteiger charge is 2.36. The predicted octanol–water partition coefficient (Wildman–Crippen LogP) is 8.50. The molecule has 4 heterocycles. The monoisotopic (exact) mass is 877 g/mol. The van der Waals surface area contributed by atoms with Gasteiger partial charge in [-0.25, -0.2) is 9.97 Å². The number of methoxy groups -OCH3 is 4. The van der Waals surface area contributed by atoms with E-state index in [9.17, 15) is 10.2 Å². The van der Waals surface area contributed by atoms with Crippen LogP contribution in [-0.4, -0.2) is 91.8 Å². The van der Waals surface area contributed by atoms with Crippen molar-refractivity contribution in [3.05, 3.63) is 83.7 Å². The number of aliphatic hydroxyl groups excluding tert-OH is 2. The molecule has 0 aliphatic rings. The molecule has 1 unspecified atom stereocenters. The Balaban J connectivity index is 1.29. The molecule has 0 fully saturated rings. The molecule has 16 heteroatoms. The first-order valence-electron chi connectivity index (χ1n) is 21.9. The summed E-state index contributed by atoms with van der Waals surface area (Å²) in [5, 5.41) is 36.4. The third-order valence-corrected chi connectivity index (χ3v) is 12.2. The summed E-state index contributed by atoms with van der Waals surface area (Å²) in [5.74, 6) is 4.38. The summed E-state index contributed by atoms with van der Waals surface area (Å²) < 4.78 is 22.9. The van der Waals surface area contributed by atoms with E-state index in [4.69, 9.17) is 38.9 Å². The molecule has 5 atom stereocenters. The minimum atomic E-state index is -0.895. The van der Waals surface area contributed by atoms with Gasteiger partial charge in [-0.3, -0.25) is 9.97 Å². The van der Waals surface area contributed by atoms with Crippen LogP contribution in [0.15, 0.2) is 67.0 Å². The Morgan fingerprint density at radius 3 is 1.70 bits per heavy atom. The van der Waals surface area contributed by atoms with Crippen molar-refractivity contribution >= 4 is 45.6 Å². The van der Waals surface area contributed by atoms with Gasteiger partial charge in [0.2, 0.25) is 11.9 Å². The van der Waals surface area contributed by atoms with E-state index in [1.54, 1.807) is 54.7 Å². The van der Waals surface area contributed by atoms with Gasteiger partial charge < -0.3 is 50.4 Å². The maximum atomic E-state index is 11.6. The van der Waals surface area contributed by atoms with Gasteiger partial charge in [0.15, 0.2) is 11.6 Å². The Bertz CT molecular complexity index is 2510. The molecular formula is C48H64N10O6. The summed E-state index contributed by atoms with van der Waals surface area (Å²) in [6, 6.07) is 17.1. The Labute approximate surface area is 376 Å². The molecule has 0 aliphatic carbocycles. The lowest BCUT2D eigenvalue weighted by Gasteiger charge is -2.38. The molecule has 0 saturated heterocycles. The number of hydrogen-bond acceptors (Lipinski definition) is 16. The highest BCUT2D eigenvalue weighted by atomic mass is 16.5. The minimum absolute atomic E-state index is 0.0898. The SMILES string of the molecule is CCCC[C@@](C)(Nc1nc(NCc2cc(C(CC)C[C@@](C)(Nc3nc(NCc4ccc(OC)cc4OC)nc4cccnc34)[C@@H](C)O)c(OC)cc2OC)nc2cccnc12)[C@H](C)O. The van der Waals surface area contributed by atoms with Crippen LogP contribution in [0, 0.1) is 0 Å². The number of nitrogens with one attached hydrogen (secondary N) is 4. The van der Waals surface area contributed by atoms with Crippen LogP contribution in [0.25, 0.3) is 22.1 Å². The quantitative estimate of drug-likeness (QED) is 0.0357. The number of benzene rings is 2. The molecule has 6 rings (SSSR count). The fourth-order valence-electron chi connectivity index (χ4n) is 7.84. The largest absolute Gasteiger partial charge is 0.497 e. The predicted molar refractivity (Wildman–Crippen MR) is 253 cm³/mol. The summed E-state index contributed by atoms with van der Waals surface area (Å²) in [6.45, 7) is 12.6. The molecule has 2 aromatic carbocycles. The average Bonchev–Trinajstić information content (AvgIpc) is 3.30. The van der Waals surface area contributed by atoms with Crippen molar-refractivity contribution in [1.29, 1.82) is 0 Å². The number of unbranched alkanes of at least 4 members (excludes halogenated alkanes) is 1. The normalized spacial score (nSPS) is 14.8. The summed E-state index contributed by atoms with van der Waals surface area (Å²) in [7, 11) is 6.52. The Kier molecular flexibility index (Phi) is 15.5. The van der Waals surface area contributed by atoms with Crippen LogP contribution in [0.2, 0.25) is 0 Å². The van der Waals surface area contributed by atoms with Crippen LogP contribution < -0.4 is 40.2 Å². The van der Waals surface area contributed by atoms with Gasteiger partial charge in [0.25, 0.3) is 0 Å². The molecule has 6 N–H and O–H groups in total. The van der Waals surface area contributed by atoms with E-state index < -0.39 is 23.3 Å². The van der Waals surface area contributed by atoms with Crippen LogP contribution in [0.4, 0.5) is 23.5 Å². The van der Waals surface area contributed by atoms with E-state index >= 15 is 0 Å². The molecule has 6 aromatic rings. The van der Waals surface area contributed by atoms with Gasteiger partial charge in [-0.15, -0.1) is 0 Å². The summed E-state index contributed by atoms with van der Waals surface area (Å²) in [5.41, 5.74) is 3.68. The lowest BCUT2D eigenvalue weighted by Crippen LogP contribution is -2.46. The molecule has 342 valence electrons. The number of anilines is 4. The molecule has 0 amide bonds. The van der Waals surface area contributed by atoms with Crippen LogP contribution in [0.3, 0.4) is 0 Å². The third kappa shape index (κ3) is 10.7. The first kappa shape index (κ1) is 47.2. The van der Waals surface area contributed by atoms with Crippen molar-refractivity contribution in [3.8, 4) is 23.0 Å². The number of nitrogens with zero attached hydrogens (tertiary/aromatic N) is 6. The van der Waals surface area contributed by atoms with Crippen LogP contribution in [0.1, 0.15) is 96.3 Å². The Hall–Kier alpha value is -6.26. The number of rotatable bonds is 23. The van der Waals surface area contributed by atoms with E-state index in [0.717, 1.165) is 42.4 Å². The zero-order valence-electron chi connectivity index (χ0n) is 38.7. The maximum absolute atomic E-state index is 11.6. The zero-order valence-corrected chi connectivity index (χ0v) is 38.7. The standard InChI is InChI=1S/C48H64N10O6/c1-11-13-20-47(5,29(3)59)57-43-41-36(16-14-21-49-41)54-46(55-43)52-28-33-23-35(40(64-10)25-39(33)63-9)31(12-2)26-48(6,30(4)60)58-44-42-37(17-15-22-50-42)53-45(56-44)51-27-32-18-19-34(61-7)24-38(32)62-8/h14-19,21-25,29-31,59-60H,11-13,20,26-28H2,1-10H3,(H2,51,53,56,58)(H2,52,54,55,57)/t29-,30+,31?,47+,48+/m0/s1. The van der Waals surface area contributed by atoms with Crippen molar-refractivity contribution in [2.75, 3.05) is 49.7 Å². The Morgan fingerprint density at radius 2 is 1.19 bits per heavy atom. The van der Waals surface area contributed by atoms with Gasteiger partial charge in [0, 0.05) is 48.7 Å². The number of ether oxygens (including phenoxy) is 4. The molecule has 0 saturated carbocycles. The van der Waals surface area contributed by atoms with Gasteiger partial charge in [-0.05, 0) is 101 Å². The third-order valence-electron chi connectivity index (χ3n) is 12.2. The summed E-state index contributed by atoms with van der Waals surface area (Å²) in [4.78, 5) is 28.6. The van der Waals surface area contributed by atoms with Gasteiger partial charge in [0.05, 0.1) is 62.8 Å². The summed E-state index contributed by atoms with van der Waals surface area (Å²) in [6.07, 6.45) is 5.88. The first-order valence-corrected chi connectivity index (χ1v) is 21.9. The lowest BCUT2D eigenvalue weighted by molar-refractivity contribution is 0.112. The van der Waals surface area contributed by atoms with Gasteiger partial charge in [0.1, 0.15) is 34.0 Å². The van der Waals surface area contributed by atoms with E-state index in [-0.39, 0.29) is 5.92 Å². The molecule has 0 radical (unpaired) electrons. The first-order chi connectivity index (χ1) is 30.8. The molecule has 0 aliphatic heterocycles. The minimum Gasteiger partial charge on any atom is -0.497 e. The van der Waals surface area contributed by atoms with Crippen molar-refractivity contribution in [2.45, 2.75) is 116 Å². The second-order valence-electron chi connectivity index (χ2n) is 16.7. The van der Waals surface area contributed by atoms with E-state index in [2.05, 4.69) is 51.1 Å². The maximum Gasteiger partial charge on any atom is 0.225 e. The van der Waals surface area contributed by atoms with E-state index in [1.807, 2.05) is 62.4 Å². The Morgan fingerprint density at radius 1 is 0.641 bits per heavy atom. The van der Waals surface area contributed by atoms with E-state index in [0.29, 0.717) is 88.1 Å². The summed E-state index contributed by atoms with van der Waals surface area (Å²) >= 11 is 0. The highest BCUT2D eigenvalue weighted by molar-refractivity contribution is 5.87.